The minimum absolute atomic E-state index is 0.274. The first kappa shape index (κ1) is 13.3. The summed E-state index contributed by atoms with van der Waals surface area (Å²) in [4.78, 5) is 10.8. The fourth-order valence-electron chi connectivity index (χ4n) is 1.98. The summed E-state index contributed by atoms with van der Waals surface area (Å²) in [7, 11) is 5.58. The average molecular weight is 286 g/mol. The molecule has 1 aromatic carbocycles. The van der Waals surface area contributed by atoms with E-state index in [1.807, 2.05) is 26.0 Å². The Balaban J connectivity index is 2.09. The van der Waals surface area contributed by atoms with E-state index in [0.717, 1.165) is 16.7 Å². The van der Waals surface area contributed by atoms with Crippen molar-refractivity contribution in [2.75, 3.05) is 24.3 Å². The second kappa shape index (κ2) is 5.01. The van der Waals surface area contributed by atoms with Gasteiger partial charge in [-0.15, -0.1) is 0 Å². The molecule has 21 heavy (non-hydrogen) atoms. The predicted molar refractivity (Wildman–Crippen MR) is 80.3 cm³/mol. The van der Waals surface area contributed by atoms with Crippen molar-refractivity contribution in [3.8, 4) is 0 Å². The third-order valence-corrected chi connectivity index (χ3v) is 3.09. The maximum Gasteiger partial charge on any atom is 0.228 e. The summed E-state index contributed by atoms with van der Waals surface area (Å²) >= 11 is 0. The molecule has 0 atom stereocenters. The van der Waals surface area contributed by atoms with Crippen LogP contribution in [0.25, 0.3) is 11.0 Å². The van der Waals surface area contributed by atoms with Crippen LogP contribution in [0.15, 0.2) is 30.5 Å². The molecule has 0 spiro atoms. The highest BCUT2D eigenvalue weighted by Crippen LogP contribution is 2.25. The maximum atomic E-state index is 13.0. The van der Waals surface area contributed by atoms with Crippen molar-refractivity contribution >= 4 is 28.5 Å². The van der Waals surface area contributed by atoms with E-state index >= 15 is 0 Å². The van der Waals surface area contributed by atoms with E-state index < -0.39 is 0 Å². The molecule has 0 saturated heterocycles. The van der Waals surface area contributed by atoms with E-state index in [9.17, 15) is 4.39 Å². The third-order valence-electron chi connectivity index (χ3n) is 3.09. The molecule has 6 nitrogen and oxygen atoms in total. The molecule has 0 unspecified atom stereocenters. The van der Waals surface area contributed by atoms with Crippen molar-refractivity contribution in [2.24, 2.45) is 7.05 Å². The zero-order valence-corrected chi connectivity index (χ0v) is 12.0. The van der Waals surface area contributed by atoms with Gasteiger partial charge in [0.25, 0.3) is 0 Å². The van der Waals surface area contributed by atoms with Crippen LogP contribution < -0.4 is 10.2 Å². The Hall–Kier alpha value is -2.70. The number of aromatic nitrogens is 4. The number of hydrogen-bond donors (Lipinski definition) is 1. The number of aryl methyl sites for hydroxylation is 1. The number of hydrogen-bond acceptors (Lipinski definition) is 5. The van der Waals surface area contributed by atoms with Gasteiger partial charge in [0.15, 0.2) is 5.65 Å². The van der Waals surface area contributed by atoms with Gasteiger partial charge >= 0.3 is 0 Å². The molecule has 0 aliphatic carbocycles. The van der Waals surface area contributed by atoms with Gasteiger partial charge < -0.3 is 10.2 Å². The van der Waals surface area contributed by atoms with E-state index in [2.05, 4.69) is 20.4 Å². The Kier molecular flexibility index (Phi) is 3.17. The molecule has 1 N–H and O–H groups in total. The number of fused-ring (bicyclic) bond motifs is 1. The second-order valence-electron chi connectivity index (χ2n) is 4.90. The summed E-state index contributed by atoms with van der Waals surface area (Å²) < 4.78 is 14.7. The summed E-state index contributed by atoms with van der Waals surface area (Å²) in [6, 6.07) is 6.12. The van der Waals surface area contributed by atoms with Crippen LogP contribution in [0.4, 0.5) is 21.8 Å². The molecule has 2 heterocycles. The average Bonchev–Trinajstić information content (AvgIpc) is 2.83. The number of nitrogens with zero attached hydrogens (tertiary/aromatic N) is 5. The van der Waals surface area contributed by atoms with Gasteiger partial charge in [0.2, 0.25) is 5.95 Å². The largest absolute Gasteiger partial charge is 0.347 e. The Bertz CT molecular complexity index is 778. The molecule has 7 heteroatoms. The smallest absolute Gasteiger partial charge is 0.228 e. The second-order valence-corrected chi connectivity index (χ2v) is 4.90. The van der Waals surface area contributed by atoms with E-state index in [-0.39, 0.29) is 5.82 Å². The molecule has 0 aliphatic heterocycles. The molecule has 0 amide bonds. The SMILES string of the molecule is CN(C)c1nc(Nc2ccc(F)cc2)c2cnn(C)c2n1. The number of rotatable bonds is 3. The summed E-state index contributed by atoms with van der Waals surface area (Å²) in [6.07, 6.45) is 1.71. The normalized spacial score (nSPS) is 10.9. The van der Waals surface area contributed by atoms with Gasteiger partial charge in [-0.25, -0.2) is 4.39 Å². The van der Waals surface area contributed by atoms with Gasteiger partial charge in [0.1, 0.15) is 11.6 Å². The van der Waals surface area contributed by atoms with Crippen LogP contribution in [-0.2, 0) is 7.05 Å². The number of anilines is 3. The molecule has 3 rings (SSSR count). The van der Waals surface area contributed by atoms with E-state index in [1.165, 1.54) is 12.1 Å². The van der Waals surface area contributed by atoms with Gasteiger partial charge in [0, 0.05) is 26.8 Å². The Morgan fingerprint density at radius 3 is 2.52 bits per heavy atom. The van der Waals surface area contributed by atoms with Gasteiger partial charge in [0.05, 0.1) is 11.6 Å². The van der Waals surface area contributed by atoms with Crippen molar-refractivity contribution in [1.82, 2.24) is 19.7 Å². The highest BCUT2D eigenvalue weighted by Gasteiger charge is 2.12. The quantitative estimate of drug-likeness (QED) is 0.800. The molecular weight excluding hydrogens is 271 g/mol. The van der Waals surface area contributed by atoms with Crippen molar-refractivity contribution in [2.45, 2.75) is 0 Å². The molecule has 108 valence electrons. The molecular formula is C14H15FN6. The van der Waals surface area contributed by atoms with Crippen LogP contribution >= 0.6 is 0 Å². The summed E-state index contributed by atoms with van der Waals surface area (Å²) in [5.74, 6) is 0.947. The van der Waals surface area contributed by atoms with Crippen molar-refractivity contribution in [1.29, 1.82) is 0 Å². The minimum atomic E-state index is -0.274. The lowest BCUT2D eigenvalue weighted by atomic mass is 10.3. The van der Waals surface area contributed by atoms with Crippen LogP contribution in [0.2, 0.25) is 0 Å². The fourth-order valence-corrected chi connectivity index (χ4v) is 1.98. The Morgan fingerprint density at radius 1 is 1.14 bits per heavy atom. The zero-order chi connectivity index (χ0) is 15.0. The maximum absolute atomic E-state index is 13.0. The fraction of sp³-hybridized carbons (Fsp3) is 0.214. The van der Waals surface area contributed by atoms with Crippen molar-refractivity contribution in [3.63, 3.8) is 0 Å². The van der Waals surface area contributed by atoms with Gasteiger partial charge in [-0.3, -0.25) is 4.68 Å². The number of benzene rings is 1. The lowest BCUT2D eigenvalue weighted by molar-refractivity contribution is 0.628. The number of halogens is 1. The van der Waals surface area contributed by atoms with Crippen molar-refractivity contribution in [3.05, 3.63) is 36.3 Å². The highest BCUT2D eigenvalue weighted by molar-refractivity contribution is 5.89. The predicted octanol–water partition coefficient (Wildman–Crippen LogP) is 2.31. The van der Waals surface area contributed by atoms with E-state index in [0.29, 0.717) is 11.8 Å². The first-order chi connectivity index (χ1) is 10.0. The van der Waals surface area contributed by atoms with E-state index in [4.69, 9.17) is 0 Å². The lowest BCUT2D eigenvalue weighted by Crippen LogP contribution is -2.14. The molecule has 0 fully saturated rings. The van der Waals surface area contributed by atoms with Crippen molar-refractivity contribution < 1.29 is 4.39 Å². The summed E-state index contributed by atoms with van der Waals surface area (Å²) in [6.45, 7) is 0. The van der Waals surface area contributed by atoms with Gasteiger partial charge in [-0.2, -0.15) is 15.1 Å². The summed E-state index contributed by atoms with van der Waals surface area (Å²) in [5, 5.41) is 8.21. The first-order valence-corrected chi connectivity index (χ1v) is 6.44. The molecule has 0 radical (unpaired) electrons. The Morgan fingerprint density at radius 2 is 1.86 bits per heavy atom. The van der Waals surface area contributed by atoms with Crippen LogP contribution in [0.3, 0.4) is 0 Å². The molecule has 2 aromatic heterocycles. The minimum Gasteiger partial charge on any atom is -0.347 e. The third kappa shape index (κ3) is 2.49. The summed E-state index contributed by atoms with van der Waals surface area (Å²) in [5.41, 5.74) is 1.49. The van der Waals surface area contributed by atoms with Gasteiger partial charge in [-0.1, -0.05) is 0 Å². The lowest BCUT2D eigenvalue weighted by Gasteiger charge is -2.13. The molecule has 3 aromatic rings. The molecule has 0 aliphatic rings. The number of nitrogens with one attached hydrogen (secondary N) is 1. The van der Waals surface area contributed by atoms with E-state index in [1.54, 1.807) is 23.0 Å². The highest BCUT2D eigenvalue weighted by atomic mass is 19.1. The van der Waals surface area contributed by atoms with Crippen LogP contribution in [0.1, 0.15) is 0 Å². The molecule has 0 bridgehead atoms. The first-order valence-electron chi connectivity index (χ1n) is 6.44. The van der Waals surface area contributed by atoms with Crippen LogP contribution in [0.5, 0.6) is 0 Å². The standard InChI is InChI=1S/C14H15FN6/c1-20(2)14-18-12(11-8-16-21(3)13(11)19-14)17-10-6-4-9(15)5-7-10/h4-8H,1-3H3,(H,17,18,19). The topological polar surface area (TPSA) is 58.9 Å². The molecule has 0 saturated carbocycles. The van der Waals surface area contributed by atoms with Crippen LogP contribution in [-0.4, -0.2) is 33.8 Å². The van der Waals surface area contributed by atoms with Gasteiger partial charge in [-0.05, 0) is 24.3 Å². The van der Waals surface area contributed by atoms with Crippen LogP contribution in [0, 0.1) is 5.82 Å². The zero-order valence-electron chi connectivity index (χ0n) is 12.0. The Labute approximate surface area is 121 Å². The monoisotopic (exact) mass is 286 g/mol.